The molecule has 1 aromatic carbocycles. The first-order chi connectivity index (χ1) is 4.61. The van der Waals surface area contributed by atoms with Gasteiger partial charge < -0.3 is 5.11 Å². The predicted octanol–water partition coefficient (Wildman–Crippen LogP) is 4.30. The van der Waals surface area contributed by atoms with Gasteiger partial charge in [0.15, 0.2) is 0 Å². The third kappa shape index (κ3) is 3.20. The van der Waals surface area contributed by atoms with Crippen LogP contribution in [0.2, 0.25) is 0 Å². The zero-order valence-electron chi connectivity index (χ0n) is 5.14. The van der Waals surface area contributed by atoms with E-state index < -0.39 is 0 Å². The number of hydrogen-bond acceptors (Lipinski definition) is 1. The minimum absolute atomic E-state index is 0. The van der Waals surface area contributed by atoms with Crippen molar-refractivity contribution in [2.24, 2.45) is 0 Å². The average Bonchev–Trinajstić information content (AvgIpc) is 1.82. The smallest absolute Gasteiger partial charge is 0.144 e. The third-order valence-electron chi connectivity index (χ3n) is 0.982. The number of phenols is 1. The molecule has 1 nitrogen and oxygen atoms in total. The van der Waals surface area contributed by atoms with Crippen LogP contribution in [0, 0.1) is 0 Å². The first kappa shape index (κ1) is 12.2. The first-order valence-corrected chi connectivity index (χ1v) is 4.82. The molecule has 0 unspecified atom stereocenters. The van der Waals surface area contributed by atoms with Gasteiger partial charge in [0.1, 0.15) is 5.75 Å². The molecule has 0 amide bonds. The molecule has 0 fully saturated rings. The summed E-state index contributed by atoms with van der Waals surface area (Å²) in [4.78, 5) is 0. The van der Waals surface area contributed by atoms with Crippen molar-refractivity contribution in [3.8, 4) is 5.75 Å². The Bertz CT molecular complexity index is 241. The van der Waals surface area contributed by atoms with Gasteiger partial charge in [-0.25, -0.2) is 0 Å². The minimum atomic E-state index is 0. The molecule has 1 N–H and O–H groups in total. The maximum absolute atomic E-state index is 9.22. The molecule has 0 aromatic heterocycles. The Morgan fingerprint density at radius 3 is 1.73 bits per heavy atom. The largest absolute Gasteiger partial charge is 0.506 e. The van der Waals surface area contributed by atoms with E-state index in [1.54, 1.807) is 12.1 Å². The van der Waals surface area contributed by atoms with Crippen molar-refractivity contribution in [2.45, 2.75) is 0 Å². The minimum Gasteiger partial charge on any atom is -0.506 e. The van der Waals surface area contributed by atoms with Crippen molar-refractivity contribution >= 4 is 71.8 Å². The van der Waals surface area contributed by atoms with Crippen molar-refractivity contribution < 1.29 is 5.11 Å². The topological polar surface area (TPSA) is 20.2 Å². The summed E-state index contributed by atoms with van der Waals surface area (Å²) < 4.78 is 2.27. The van der Waals surface area contributed by atoms with Crippen LogP contribution in [-0.2, 0) is 0 Å². The highest BCUT2D eigenvalue weighted by molar-refractivity contribution is 14.0. The molecule has 0 bridgehead atoms. The van der Waals surface area contributed by atoms with Gasteiger partial charge >= 0.3 is 0 Å². The summed E-state index contributed by atoms with van der Waals surface area (Å²) in [5, 5.41) is 9.22. The van der Waals surface area contributed by atoms with E-state index in [-0.39, 0.29) is 29.7 Å². The summed E-state index contributed by atoms with van der Waals surface area (Å²) in [6, 6.07) is 3.56. The van der Waals surface area contributed by atoms with Gasteiger partial charge in [-0.1, -0.05) is 15.9 Å². The average molecular weight is 459 g/mol. The second-order valence-corrected chi connectivity index (χ2v) is 4.34. The Balaban J connectivity index is 0.000001000. The zero-order chi connectivity index (χ0) is 7.72. The molecule has 0 saturated heterocycles. The quantitative estimate of drug-likeness (QED) is 0.575. The molecule has 0 aliphatic rings. The highest BCUT2D eigenvalue weighted by Gasteiger charge is 2.02. The standard InChI is InChI=1S/C6H3Br3O.HI/c7-3-1-4(8)6(10)5(9)2-3;/h1-2,10H;1H. The summed E-state index contributed by atoms with van der Waals surface area (Å²) in [7, 11) is 0. The van der Waals surface area contributed by atoms with Crippen molar-refractivity contribution in [2.75, 3.05) is 0 Å². The fourth-order valence-corrected chi connectivity index (χ4v) is 2.79. The summed E-state index contributed by atoms with van der Waals surface area (Å²) in [5.41, 5.74) is 0. The van der Waals surface area contributed by atoms with Crippen LogP contribution >= 0.6 is 71.8 Å². The SMILES string of the molecule is I.Oc1c(Br)cc(Br)cc1Br. The van der Waals surface area contributed by atoms with Crippen LogP contribution in [0.4, 0.5) is 0 Å². The number of hydrogen-bond donors (Lipinski definition) is 1. The van der Waals surface area contributed by atoms with Crippen molar-refractivity contribution in [3.63, 3.8) is 0 Å². The highest BCUT2D eigenvalue weighted by Crippen LogP contribution is 2.34. The highest BCUT2D eigenvalue weighted by atomic mass is 127. The van der Waals surface area contributed by atoms with Gasteiger partial charge in [-0.05, 0) is 44.0 Å². The van der Waals surface area contributed by atoms with Gasteiger partial charge in [-0.3, -0.25) is 0 Å². The Morgan fingerprint density at radius 1 is 1.00 bits per heavy atom. The van der Waals surface area contributed by atoms with Crippen molar-refractivity contribution in [1.82, 2.24) is 0 Å². The molecule has 11 heavy (non-hydrogen) atoms. The molecule has 0 heterocycles. The van der Waals surface area contributed by atoms with E-state index in [0.29, 0.717) is 8.95 Å². The summed E-state index contributed by atoms with van der Waals surface area (Å²) in [6.45, 7) is 0. The van der Waals surface area contributed by atoms with Crippen LogP contribution in [0.1, 0.15) is 0 Å². The number of rotatable bonds is 0. The molecule has 1 aromatic rings. The zero-order valence-corrected chi connectivity index (χ0v) is 12.2. The predicted molar refractivity (Wildman–Crippen MR) is 66.6 cm³/mol. The summed E-state index contributed by atoms with van der Waals surface area (Å²) in [5.74, 6) is 0.225. The van der Waals surface area contributed by atoms with E-state index in [2.05, 4.69) is 47.8 Å². The van der Waals surface area contributed by atoms with Gasteiger partial charge in [0.25, 0.3) is 0 Å². The maximum Gasteiger partial charge on any atom is 0.144 e. The molecule has 0 spiro atoms. The molecule has 5 heteroatoms. The van der Waals surface area contributed by atoms with Crippen LogP contribution < -0.4 is 0 Å². The normalized spacial score (nSPS) is 9.00. The fourth-order valence-electron chi connectivity index (χ4n) is 0.535. The lowest BCUT2D eigenvalue weighted by Crippen LogP contribution is -1.71. The second kappa shape index (κ2) is 5.04. The Labute approximate surface area is 107 Å². The van der Waals surface area contributed by atoms with Gasteiger partial charge in [-0.15, -0.1) is 24.0 Å². The second-order valence-electron chi connectivity index (χ2n) is 1.72. The van der Waals surface area contributed by atoms with Crippen molar-refractivity contribution in [3.05, 3.63) is 25.6 Å². The van der Waals surface area contributed by atoms with E-state index >= 15 is 0 Å². The van der Waals surface area contributed by atoms with Crippen LogP contribution in [0.25, 0.3) is 0 Å². The van der Waals surface area contributed by atoms with E-state index in [1.807, 2.05) is 0 Å². The lowest BCUT2D eigenvalue weighted by Gasteiger charge is -1.99. The van der Waals surface area contributed by atoms with Crippen LogP contribution in [0.3, 0.4) is 0 Å². The van der Waals surface area contributed by atoms with E-state index in [9.17, 15) is 5.11 Å². The molecule has 0 aliphatic carbocycles. The van der Waals surface area contributed by atoms with Gasteiger partial charge in [0.05, 0.1) is 8.95 Å². The maximum atomic E-state index is 9.22. The molecule has 0 aliphatic heterocycles. The number of benzene rings is 1. The number of aromatic hydroxyl groups is 1. The van der Waals surface area contributed by atoms with Crippen LogP contribution in [0.5, 0.6) is 5.75 Å². The van der Waals surface area contributed by atoms with E-state index in [0.717, 1.165) is 4.47 Å². The lowest BCUT2D eigenvalue weighted by atomic mass is 10.3. The van der Waals surface area contributed by atoms with E-state index in [1.165, 1.54) is 0 Å². The molecule has 1 rings (SSSR count). The van der Waals surface area contributed by atoms with Gasteiger partial charge in [0, 0.05) is 4.47 Å². The summed E-state index contributed by atoms with van der Waals surface area (Å²) >= 11 is 9.65. The first-order valence-electron chi connectivity index (χ1n) is 2.45. The van der Waals surface area contributed by atoms with Crippen LogP contribution in [0.15, 0.2) is 25.6 Å². The number of phenolic OH excluding ortho intramolecular Hbond substituents is 1. The molecule has 0 atom stereocenters. The molecule has 62 valence electrons. The Hall–Kier alpha value is 1.19. The van der Waals surface area contributed by atoms with Crippen molar-refractivity contribution in [1.29, 1.82) is 0 Å². The lowest BCUT2D eigenvalue weighted by molar-refractivity contribution is 0.468. The Kier molecular flexibility index (Phi) is 5.58. The molecular formula is C6H4Br3IO. The third-order valence-corrected chi connectivity index (χ3v) is 2.65. The monoisotopic (exact) mass is 456 g/mol. The number of halogens is 4. The van der Waals surface area contributed by atoms with E-state index in [4.69, 9.17) is 0 Å². The van der Waals surface area contributed by atoms with Gasteiger partial charge in [0.2, 0.25) is 0 Å². The molecular weight excluding hydrogens is 455 g/mol. The van der Waals surface area contributed by atoms with Crippen LogP contribution in [-0.4, -0.2) is 5.11 Å². The summed E-state index contributed by atoms with van der Waals surface area (Å²) in [6.07, 6.45) is 0. The Morgan fingerprint density at radius 2 is 1.36 bits per heavy atom. The molecule has 0 saturated carbocycles. The molecule has 0 radical (unpaired) electrons. The fraction of sp³-hybridized carbons (Fsp3) is 0. The van der Waals surface area contributed by atoms with Gasteiger partial charge in [-0.2, -0.15) is 0 Å².